The lowest BCUT2D eigenvalue weighted by Gasteiger charge is -2.11. The van der Waals surface area contributed by atoms with Crippen LogP contribution in [0.25, 0.3) is 0 Å². The Labute approximate surface area is 126 Å². The zero-order valence-corrected chi connectivity index (χ0v) is 13.9. The molecule has 0 aliphatic heterocycles. The Morgan fingerprint density at radius 2 is 1.86 bits per heavy atom. The Bertz CT molecular complexity index is 776. The van der Waals surface area contributed by atoms with Gasteiger partial charge in [0.05, 0.1) is 17.1 Å². The van der Waals surface area contributed by atoms with Crippen molar-refractivity contribution in [1.29, 1.82) is 0 Å². The molecule has 0 aliphatic carbocycles. The number of aryl methyl sites for hydroxylation is 4. The molecule has 1 N–H and O–H groups in total. The zero-order valence-electron chi connectivity index (χ0n) is 13.1. The SMILES string of the molecule is CCn1nc(C)c(S(=O)(=O)Nc2cc(C)ccc2C)c1C. The Hall–Kier alpha value is -1.82. The molecule has 0 bridgehead atoms. The molecule has 114 valence electrons. The van der Waals surface area contributed by atoms with Gasteiger partial charge >= 0.3 is 0 Å². The van der Waals surface area contributed by atoms with Gasteiger partial charge in [0.15, 0.2) is 0 Å². The van der Waals surface area contributed by atoms with Crippen molar-refractivity contribution in [2.75, 3.05) is 4.72 Å². The molecule has 1 aromatic carbocycles. The summed E-state index contributed by atoms with van der Waals surface area (Å²) in [6.45, 7) is 9.90. The summed E-state index contributed by atoms with van der Waals surface area (Å²) in [6.07, 6.45) is 0. The van der Waals surface area contributed by atoms with Crippen LogP contribution in [-0.2, 0) is 16.6 Å². The lowest BCUT2D eigenvalue weighted by molar-refractivity contribution is 0.598. The molecule has 0 amide bonds. The van der Waals surface area contributed by atoms with Crippen LogP contribution >= 0.6 is 0 Å². The third kappa shape index (κ3) is 2.95. The molecule has 21 heavy (non-hydrogen) atoms. The summed E-state index contributed by atoms with van der Waals surface area (Å²) in [6, 6.07) is 5.70. The maximum absolute atomic E-state index is 12.7. The molecule has 2 aromatic rings. The van der Waals surface area contributed by atoms with Gasteiger partial charge in [-0.3, -0.25) is 9.40 Å². The molecule has 5 nitrogen and oxygen atoms in total. The molecule has 0 saturated heterocycles. The number of rotatable bonds is 4. The molecule has 2 rings (SSSR count). The fraction of sp³-hybridized carbons (Fsp3) is 0.400. The van der Waals surface area contributed by atoms with Gasteiger partial charge in [-0.05, 0) is 51.8 Å². The van der Waals surface area contributed by atoms with Crippen LogP contribution in [0.3, 0.4) is 0 Å². The molecule has 0 unspecified atom stereocenters. The van der Waals surface area contributed by atoms with Gasteiger partial charge in [0.2, 0.25) is 0 Å². The first kappa shape index (κ1) is 15.6. The lowest BCUT2D eigenvalue weighted by atomic mass is 10.1. The summed E-state index contributed by atoms with van der Waals surface area (Å²) >= 11 is 0. The Balaban J connectivity index is 2.48. The van der Waals surface area contributed by atoms with Crippen LogP contribution < -0.4 is 4.72 Å². The van der Waals surface area contributed by atoms with Crippen LogP contribution in [0, 0.1) is 27.7 Å². The topological polar surface area (TPSA) is 64.0 Å². The van der Waals surface area contributed by atoms with Gasteiger partial charge in [0, 0.05) is 6.54 Å². The van der Waals surface area contributed by atoms with Crippen LogP contribution in [0.1, 0.15) is 29.4 Å². The van der Waals surface area contributed by atoms with E-state index in [9.17, 15) is 8.42 Å². The third-order valence-corrected chi connectivity index (χ3v) is 5.14. The highest BCUT2D eigenvalue weighted by molar-refractivity contribution is 7.92. The molecule has 0 atom stereocenters. The van der Waals surface area contributed by atoms with Gasteiger partial charge in [-0.15, -0.1) is 0 Å². The van der Waals surface area contributed by atoms with E-state index in [1.807, 2.05) is 39.0 Å². The van der Waals surface area contributed by atoms with Gasteiger partial charge in [0.1, 0.15) is 4.90 Å². The quantitative estimate of drug-likeness (QED) is 0.944. The Morgan fingerprint density at radius 3 is 2.43 bits per heavy atom. The predicted octanol–water partition coefficient (Wildman–Crippen LogP) is 2.94. The van der Waals surface area contributed by atoms with Crippen molar-refractivity contribution in [2.24, 2.45) is 0 Å². The molecule has 1 heterocycles. The highest BCUT2D eigenvalue weighted by Gasteiger charge is 2.24. The molecular weight excluding hydrogens is 286 g/mol. The van der Waals surface area contributed by atoms with Crippen LogP contribution in [0.4, 0.5) is 5.69 Å². The molecule has 0 saturated carbocycles. The number of aromatic nitrogens is 2. The molecule has 0 spiro atoms. The first-order valence-electron chi connectivity index (χ1n) is 6.90. The number of hydrogen-bond donors (Lipinski definition) is 1. The van der Waals surface area contributed by atoms with Crippen molar-refractivity contribution in [2.45, 2.75) is 46.1 Å². The summed E-state index contributed by atoms with van der Waals surface area (Å²) in [4.78, 5) is 0.269. The molecule has 0 fully saturated rings. The van der Waals surface area contributed by atoms with Crippen LogP contribution in [-0.4, -0.2) is 18.2 Å². The van der Waals surface area contributed by atoms with E-state index in [4.69, 9.17) is 0 Å². The van der Waals surface area contributed by atoms with Gasteiger partial charge in [-0.25, -0.2) is 8.42 Å². The minimum absolute atomic E-state index is 0.269. The summed E-state index contributed by atoms with van der Waals surface area (Å²) < 4.78 is 29.7. The van der Waals surface area contributed by atoms with Crippen molar-refractivity contribution in [1.82, 2.24) is 9.78 Å². The van der Waals surface area contributed by atoms with Crippen molar-refractivity contribution >= 4 is 15.7 Å². The number of nitrogens with zero attached hydrogens (tertiary/aromatic N) is 2. The smallest absolute Gasteiger partial charge is 0.265 e. The van der Waals surface area contributed by atoms with E-state index in [2.05, 4.69) is 9.82 Å². The average Bonchev–Trinajstić information content (AvgIpc) is 2.68. The van der Waals surface area contributed by atoms with Crippen LogP contribution in [0.15, 0.2) is 23.1 Å². The lowest BCUT2D eigenvalue weighted by Crippen LogP contribution is -2.15. The van der Waals surface area contributed by atoms with E-state index in [0.29, 0.717) is 23.6 Å². The standard InChI is InChI=1S/C15H21N3O2S/c1-6-18-13(5)15(12(4)16-18)21(19,20)17-14-9-10(2)7-8-11(14)3/h7-9,17H,6H2,1-5H3. The van der Waals surface area contributed by atoms with Crippen molar-refractivity contribution in [3.8, 4) is 0 Å². The average molecular weight is 307 g/mol. The van der Waals surface area contributed by atoms with Crippen LogP contribution in [0.2, 0.25) is 0 Å². The van der Waals surface area contributed by atoms with Crippen molar-refractivity contribution in [3.63, 3.8) is 0 Å². The first-order chi connectivity index (χ1) is 9.76. The summed E-state index contributed by atoms with van der Waals surface area (Å²) in [5, 5.41) is 4.27. The van der Waals surface area contributed by atoms with E-state index in [1.165, 1.54) is 0 Å². The molecular formula is C15H21N3O2S. The molecule has 0 aliphatic rings. The minimum Gasteiger partial charge on any atom is -0.279 e. The summed E-state index contributed by atoms with van der Waals surface area (Å²) in [5.74, 6) is 0. The first-order valence-corrected chi connectivity index (χ1v) is 8.38. The second kappa shape index (κ2) is 5.52. The van der Waals surface area contributed by atoms with E-state index in [0.717, 1.165) is 11.1 Å². The third-order valence-electron chi connectivity index (χ3n) is 3.52. The zero-order chi connectivity index (χ0) is 15.8. The van der Waals surface area contributed by atoms with Crippen molar-refractivity contribution < 1.29 is 8.42 Å². The number of nitrogens with one attached hydrogen (secondary N) is 1. The fourth-order valence-corrected chi connectivity index (χ4v) is 3.95. The molecule has 0 radical (unpaired) electrons. The Morgan fingerprint density at radius 1 is 1.19 bits per heavy atom. The largest absolute Gasteiger partial charge is 0.279 e. The predicted molar refractivity (Wildman–Crippen MR) is 84.1 cm³/mol. The van der Waals surface area contributed by atoms with E-state index in [1.54, 1.807) is 18.5 Å². The number of anilines is 1. The second-order valence-corrected chi connectivity index (χ2v) is 6.86. The number of hydrogen-bond acceptors (Lipinski definition) is 3. The highest BCUT2D eigenvalue weighted by Crippen LogP contribution is 2.25. The van der Waals surface area contributed by atoms with E-state index in [-0.39, 0.29) is 4.90 Å². The number of sulfonamides is 1. The van der Waals surface area contributed by atoms with Crippen molar-refractivity contribution in [3.05, 3.63) is 40.7 Å². The van der Waals surface area contributed by atoms with Gasteiger partial charge < -0.3 is 0 Å². The summed E-state index contributed by atoms with van der Waals surface area (Å²) in [5.41, 5.74) is 3.69. The maximum Gasteiger partial charge on any atom is 0.265 e. The normalized spacial score (nSPS) is 11.7. The van der Waals surface area contributed by atoms with Gasteiger partial charge in [-0.2, -0.15) is 5.10 Å². The number of benzene rings is 1. The fourth-order valence-electron chi connectivity index (χ4n) is 2.42. The molecule has 6 heteroatoms. The second-order valence-electron chi connectivity index (χ2n) is 5.24. The van der Waals surface area contributed by atoms with Crippen LogP contribution in [0.5, 0.6) is 0 Å². The molecule has 1 aromatic heterocycles. The highest BCUT2D eigenvalue weighted by atomic mass is 32.2. The maximum atomic E-state index is 12.7. The summed E-state index contributed by atoms with van der Waals surface area (Å²) in [7, 11) is -3.64. The van der Waals surface area contributed by atoms with E-state index < -0.39 is 10.0 Å². The van der Waals surface area contributed by atoms with Gasteiger partial charge in [-0.1, -0.05) is 12.1 Å². The monoisotopic (exact) mass is 307 g/mol. The minimum atomic E-state index is -3.64. The van der Waals surface area contributed by atoms with Gasteiger partial charge in [0.25, 0.3) is 10.0 Å². The Kier molecular flexibility index (Phi) is 4.09. The van der Waals surface area contributed by atoms with E-state index >= 15 is 0 Å².